The molecule has 18 heavy (non-hydrogen) atoms. The first-order chi connectivity index (χ1) is 8.69. The summed E-state index contributed by atoms with van der Waals surface area (Å²) in [6.45, 7) is 2.75. The lowest BCUT2D eigenvalue weighted by Gasteiger charge is -2.08. The van der Waals surface area contributed by atoms with Gasteiger partial charge in [-0.15, -0.1) is 0 Å². The Labute approximate surface area is 112 Å². The van der Waals surface area contributed by atoms with Crippen molar-refractivity contribution in [2.45, 2.75) is 13.5 Å². The topological polar surface area (TPSA) is 35.8 Å². The van der Waals surface area contributed by atoms with Crippen LogP contribution < -0.4 is 5.32 Å². The minimum absolute atomic E-state index is 0.564. The molecule has 0 aromatic heterocycles. The van der Waals surface area contributed by atoms with E-state index < -0.39 is 0 Å². The van der Waals surface area contributed by atoms with Gasteiger partial charge < -0.3 is 5.32 Å². The SMILES string of the molecule is Cc1ccc(CNc2ccc(Cl)cc2C#N)cc1. The van der Waals surface area contributed by atoms with Crippen LogP contribution in [-0.4, -0.2) is 0 Å². The molecule has 0 unspecified atom stereocenters. The lowest BCUT2D eigenvalue weighted by Crippen LogP contribution is -2.01. The molecular weight excluding hydrogens is 244 g/mol. The quantitative estimate of drug-likeness (QED) is 0.896. The smallest absolute Gasteiger partial charge is 0.101 e. The monoisotopic (exact) mass is 256 g/mol. The third-order valence-corrected chi connectivity index (χ3v) is 2.94. The predicted octanol–water partition coefficient (Wildman–Crippen LogP) is 4.13. The summed E-state index contributed by atoms with van der Waals surface area (Å²) in [5, 5.41) is 12.9. The summed E-state index contributed by atoms with van der Waals surface area (Å²) in [6.07, 6.45) is 0. The molecule has 0 heterocycles. The fourth-order valence-corrected chi connectivity index (χ4v) is 1.84. The van der Waals surface area contributed by atoms with Crippen LogP contribution in [0.1, 0.15) is 16.7 Å². The van der Waals surface area contributed by atoms with E-state index in [1.165, 1.54) is 11.1 Å². The molecule has 2 nitrogen and oxygen atoms in total. The summed E-state index contributed by atoms with van der Waals surface area (Å²) in [5.74, 6) is 0. The first-order valence-electron chi connectivity index (χ1n) is 5.68. The van der Waals surface area contributed by atoms with E-state index in [9.17, 15) is 0 Å². The Morgan fingerprint density at radius 1 is 1.17 bits per heavy atom. The number of nitrogens with zero attached hydrogens (tertiary/aromatic N) is 1. The van der Waals surface area contributed by atoms with Crippen molar-refractivity contribution in [1.29, 1.82) is 5.26 Å². The van der Waals surface area contributed by atoms with E-state index in [2.05, 4.69) is 42.6 Å². The Balaban J connectivity index is 2.11. The number of halogens is 1. The van der Waals surface area contributed by atoms with Crippen LogP contribution in [0.25, 0.3) is 0 Å². The van der Waals surface area contributed by atoms with E-state index in [0.29, 0.717) is 17.1 Å². The molecule has 3 heteroatoms. The maximum absolute atomic E-state index is 9.03. The molecule has 0 spiro atoms. The second-order valence-corrected chi connectivity index (χ2v) is 4.58. The van der Waals surface area contributed by atoms with E-state index in [-0.39, 0.29) is 0 Å². The number of rotatable bonds is 3. The highest BCUT2D eigenvalue weighted by Gasteiger charge is 2.02. The van der Waals surface area contributed by atoms with Gasteiger partial charge in [-0.3, -0.25) is 0 Å². The van der Waals surface area contributed by atoms with Crippen LogP contribution in [0, 0.1) is 18.3 Å². The van der Waals surface area contributed by atoms with Crippen LogP contribution >= 0.6 is 11.6 Å². The highest BCUT2D eigenvalue weighted by atomic mass is 35.5. The highest BCUT2D eigenvalue weighted by molar-refractivity contribution is 6.30. The van der Waals surface area contributed by atoms with Crippen LogP contribution in [-0.2, 0) is 6.54 Å². The fraction of sp³-hybridized carbons (Fsp3) is 0.133. The van der Waals surface area contributed by atoms with Crippen LogP contribution in [0.4, 0.5) is 5.69 Å². The molecule has 0 saturated carbocycles. The Hall–Kier alpha value is -1.98. The normalized spacial score (nSPS) is 9.83. The van der Waals surface area contributed by atoms with E-state index in [1.807, 2.05) is 6.07 Å². The van der Waals surface area contributed by atoms with Crippen LogP contribution in [0.2, 0.25) is 5.02 Å². The van der Waals surface area contributed by atoms with Crippen LogP contribution in [0.3, 0.4) is 0 Å². The molecule has 0 bridgehead atoms. The zero-order chi connectivity index (χ0) is 13.0. The van der Waals surface area contributed by atoms with Crippen molar-refractivity contribution in [3.63, 3.8) is 0 Å². The Morgan fingerprint density at radius 2 is 1.89 bits per heavy atom. The van der Waals surface area contributed by atoms with Crippen LogP contribution in [0.15, 0.2) is 42.5 Å². The average molecular weight is 257 g/mol. The molecular formula is C15H13ClN2. The first kappa shape index (κ1) is 12.5. The van der Waals surface area contributed by atoms with Crippen molar-refractivity contribution in [2.24, 2.45) is 0 Å². The van der Waals surface area contributed by atoms with Crippen molar-refractivity contribution in [3.05, 3.63) is 64.2 Å². The average Bonchev–Trinajstić information content (AvgIpc) is 2.39. The lowest BCUT2D eigenvalue weighted by atomic mass is 10.1. The molecule has 2 rings (SSSR count). The summed E-state index contributed by atoms with van der Waals surface area (Å²) in [7, 11) is 0. The Bertz CT molecular complexity index is 582. The van der Waals surface area contributed by atoms with Gasteiger partial charge in [0.05, 0.1) is 11.3 Å². The van der Waals surface area contributed by atoms with Crippen molar-refractivity contribution in [3.8, 4) is 6.07 Å². The molecule has 0 saturated heterocycles. The number of benzene rings is 2. The summed E-state index contributed by atoms with van der Waals surface area (Å²) in [6, 6.07) is 15.7. The maximum atomic E-state index is 9.03. The standard InChI is InChI=1S/C15H13ClN2/c1-11-2-4-12(5-3-11)10-18-15-7-6-14(16)8-13(15)9-17/h2-8,18H,10H2,1H3. The lowest BCUT2D eigenvalue weighted by molar-refractivity contribution is 1.14. The first-order valence-corrected chi connectivity index (χ1v) is 6.06. The zero-order valence-electron chi connectivity index (χ0n) is 10.1. The van der Waals surface area contributed by atoms with Gasteiger partial charge in [0.2, 0.25) is 0 Å². The van der Waals surface area contributed by atoms with E-state index in [0.717, 1.165) is 5.69 Å². The molecule has 90 valence electrons. The van der Waals surface area contributed by atoms with Crippen molar-refractivity contribution >= 4 is 17.3 Å². The van der Waals surface area contributed by atoms with Crippen molar-refractivity contribution < 1.29 is 0 Å². The van der Waals surface area contributed by atoms with Gasteiger partial charge in [0.25, 0.3) is 0 Å². The number of aryl methyl sites for hydroxylation is 1. The molecule has 0 atom stereocenters. The molecule has 2 aromatic rings. The third kappa shape index (κ3) is 3.03. The summed E-state index contributed by atoms with van der Waals surface area (Å²) >= 11 is 5.85. The van der Waals surface area contributed by atoms with E-state index in [1.54, 1.807) is 12.1 Å². The number of anilines is 1. The number of nitriles is 1. The third-order valence-electron chi connectivity index (χ3n) is 2.71. The second kappa shape index (κ2) is 5.57. The van der Waals surface area contributed by atoms with Gasteiger partial charge in [-0.2, -0.15) is 5.26 Å². The molecule has 0 aliphatic rings. The zero-order valence-corrected chi connectivity index (χ0v) is 10.8. The largest absolute Gasteiger partial charge is 0.380 e. The summed E-state index contributed by atoms with van der Waals surface area (Å²) < 4.78 is 0. The van der Waals surface area contributed by atoms with Gasteiger partial charge in [-0.05, 0) is 30.7 Å². The maximum Gasteiger partial charge on any atom is 0.101 e. The van der Waals surface area contributed by atoms with Crippen LogP contribution in [0.5, 0.6) is 0 Å². The van der Waals surface area contributed by atoms with Gasteiger partial charge in [0.1, 0.15) is 6.07 Å². The number of hydrogen-bond acceptors (Lipinski definition) is 2. The molecule has 0 radical (unpaired) electrons. The molecule has 0 amide bonds. The Morgan fingerprint density at radius 3 is 2.56 bits per heavy atom. The minimum atomic E-state index is 0.564. The highest BCUT2D eigenvalue weighted by Crippen LogP contribution is 2.20. The second-order valence-electron chi connectivity index (χ2n) is 4.14. The van der Waals surface area contributed by atoms with Crippen molar-refractivity contribution in [2.75, 3.05) is 5.32 Å². The van der Waals surface area contributed by atoms with Gasteiger partial charge >= 0.3 is 0 Å². The summed E-state index contributed by atoms with van der Waals surface area (Å²) in [4.78, 5) is 0. The number of nitrogens with one attached hydrogen (secondary N) is 1. The molecule has 0 fully saturated rings. The fourth-order valence-electron chi connectivity index (χ4n) is 1.67. The number of hydrogen-bond donors (Lipinski definition) is 1. The molecule has 0 aliphatic heterocycles. The Kier molecular flexibility index (Phi) is 3.86. The predicted molar refractivity (Wildman–Crippen MR) is 74.7 cm³/mol. The van der Waals surface area contributed by atoms with E-state index >= 15 is 0 Å². The van der Waals surface area contributed by atoms with Gasteiger partial charge in [0.15, 0.2) is 0 Å². The summed E-state index contributed by atoms with van der Waals surface area (Å²) in [5.41, 5.74) is 3.79. The van der Waals surface area contributed by atoms with E-state index in [4.69, 9.17) is 16.9 Å². The molecule has 2 aromatic carbocycles. The van der Waals surface area contributed by atoms with Gasteiger partial charge in [-0.1, -0.05) is 41.4 Å². The molecule has 1 N–H and O–H groups in total. The van der Waals surface area contributed by atoms with Crippen molar-refractivity contribution in [1.82, 2.24) is 0 Å². The molecule has 0 aliphatic carbocycles. The van der Waals surface area contributed by atoms with Gasteiger partial charge in [0, 0.05) is 11.6 Å². The minimum Gasteiger partial charge on any atom is -0.380 e. The van der Waals surface area contributed by atoms with Gasteiger partial charge in [-0.25, -0.2) is 0 Å².